The number of rotatable bonds is 8. The Balaban J connectivity index is 2.19. The Morgan fingerprint density at radius 3 is 2.33 bits per heavy atom. The molecular formula is C17H22N4O5S. The minimum Gasteiger partial charge on any atom is -0.363 e. The lowest BCUT2D eigenvalue weighted by atomic mass is 10.2. The quantitative estimate of drug-likeness (QED) is 0.705. The molecule has 146 valence electrons. The van der Waals surface area contributed by atoms with Crippen LogP contribution in [-0.2, 0) is 19.6 Å². The largest absolute Gasteiger partial charge is 0.363 e. The first-order valence-electron chi connectivity index (χ1n) is 8.26. The van der Waals surface area contributed by atoms with Crippen molar-refractivity contribution in [1.29, 1.82) is 0 Å². The molecule has 0 atom stereocenters. The molecular weight excluding hydrogens is 372 g/mol. The lowest BCUT2D eigenvalue weighted by molar-refractivity contribution is -0.116. The maximum Gasteiger partial charge on any atom is 0.243 e. The summed E-state index contributed by atoms with van der Waals surface area (Å²) in [7, 11) is -3.90. The number of nitrogens with one attached hydrogen (secondary N) is 2. The van der Waals surface area contributed by atoms with E-state index in [0.29, 0.717) is 5.69 Å². The third kappa shape index (κ3) is 5.90. The lowest BCUT2D eigenvalue weighted by Crippen LogP contribution is -2.40. The maximum atomic E-state index is 13.0. The Morgan fingerprint density at radius 2 is 1.81 bits per heavy atom. The molecule has 1 heterocycles. The van der Waals surface area contributed by atoms with Gasteiger partial charge in [-0.1, -0.05) is 19.0 Å². The van der Waals surface area contributed by atoms with Crippen LogP contribution in [0.1, 0.15) is 20.8 Å². The molecule has 0 spiro atoms. The molecule has 1 aromatic carbocycles. The summed E-state index contributed by atoms with van der Waals surface area (Å²) in [5.74, 6) is -0.556. The normalized spacial score (nSPS) is 11.6. The smallest absolute Gasteiger partial charge is 0.243 e. The second-order valence-electron chi connectivity index (χ2n) is 6.33. The van der Waals surface area contributed by atoms with Crippen molar-refractivity contribution in [2.24, 2.45) is 5.92 Å². The van der Waals surface area contributed by atoms with E-state index in [0.717, 1.165) is 4.31 Å². The molecule has 0 saturated heterocycles. The van der Waals surface area contributed by atoms with E-state index in [-0.39, 0.29) is 35.6 Å². The molecule has 0 aliphatic carbocycles. The fourth-order valence-electron chi connectivity index (χ4n) is 2.34. The first-order valence-corrected chi connectivity index (χ1v) is 9.70. The molecule has 0 saturated carbocycles. The maximum absolute atomic E-state index is 13.0. The van der Waals surface area contributed by atoms with E-state index in [1.807, 2.05) is 13.8 Å². The first-order chi connectivity index (χ1) is 12.7. The highest BCUT2D eigenvalue weighted by Gasteiger charge is 2.27. The molecule has 2 N–H and O–H groups in total. The van der Waals surface area contributed by atoms with Gasteiger partial charge in [0.25, 0.3) is 0 Å². The van der Waals surface area contributed by atoms with Gasteiger partial charge in [-0.2, -0.15) is 4.31 Å². The summed E-state index contributed by atoms with van der Waals surface area (Å²) in [6, 6.07) is 7.24. The average molecular weight is 394 g/mol. The number of carbonyl (C=O) groups excluding carboxylic acids is 2. The van der Waals surface area contributed by atoms with Crippen molar-refractivity contribution in [2.45, 2.75) is 25.7 Å². The van der Waals surface area contributed by atoms with E-state index in [1.165, 1.54) is 43.5 Å². The third-order valence-corrected chi connectivity index (χ3v) is 5.23. The minimum absolute atomic E-state index is 0.0123. The molecule has 2 aromatic rings. The summed E-state index contributed by atoms with van der Waals surface area (Å²) in [6.07, 6.45) is 1.30. The van der Waals surface area contributed by atoms with Crippen molar-refractivity contribution in [3.8, 4) is 0 Å². The zero-order valence-corrected chi connectivity index (χ0v) is 16.1. The zero-order chi connectivity index (χ0) is 20.0. The fourth-order valence-corrected chi connectivity index (χ4v) is 3.90. The fraction of sp³-hybridized carbons (Fsp3) is 0.353. The molecule has 10 heteroatoms. The van der Waals surface area contributed by atoms with Gasteiger partial charge in [0.05, 0.1) is 11.4 Å². The van der Waals surface area contributed by atoms with Gasteiger partial charge in [-0.3, -0.25) is 9.59 Å². The molecule has 0 unspecified atom stereocenters. The Kier molecular flexibility index (Phi) is 6.70. The van der Waals surface area contributed by atoms with E-state index in [1.54, 1.807) is 0 Å². The van der Waals surface area contributed by atoms with Gasteiger partial charge in [0.15, 0.2) is 5.82 Å². The van der Waals surface area contributed by atoms with E-state index in [2.05, 4.69) is 20.3 Å². The van der Waals surface area contributed by atoms with Crippen molar-refractivity contribution < 1.29 is 22.5 Å². The Hall–Kier alpha value is -2.72. The Labute approximate surface area is 157 Å². The van der Waals surface area contributed by atoms with Crippen LogP contribution >= 0.6 is 0 Å². The van der Waals surface area contributed by atoms with Crippen LogP contribution in [0.4, 0.5) is 11.5 Å². The van der Waals surface area contributed by atoms with E-state index < -0.39 is 15.9 Å². The molecule has 0 fully saturated rings. The Morgan fingerprint density at radius 1 is 1.15 bits per heavy atom. The zero-order valence-electron chi connectivity index (χ0n) is 15.3. The van der Waals surface area contributed by atoms with Crippen LogP contribution in [-0.4, -0.2) is 42.8 Å². The summed E-state index contributed by atoms with van der Waals surface area (Å²) < 4.78 is 31.7. The molecule has 27 heavy (non-hydrogen) atoms. The number of sulfonamides is 1. The van der Waals surface area contributed by atoms with Crippen LogP contribution in [0.25, 0.3) is 0 Å². The monoisotopic (exact) mass is 394 g/mol. The van der Waals surface area contributed by atoms with Crippen molar-refractivity contribution >= 4 is 33.3 Å². The minimum atomic E-state index is -3.90. The molecule has 2 rings (SSSR count). The molecule has 0 aliphatic rings. The standard InChI is InChI=1S/C17H22N4O5S/c1-12(2)10-21(11-17(23)19-16-8-9-26-20-16)27(24,25)15-6-4-14(5-7-15)18-13(3)22/h4-9,12H,10-11H2,1-3H3,(H,18,22)(H,19,20,23). The highest BCUT2D eigenvalue weighted by atomic mass is 32.2. The summed E-state index contributed by atoms with van der Waals surface area (Å²) in [6.45, 7) is 4.89. The number of carbonyl (C=O) groups is 2. The van der Waals surface area contributed by atoms with E-state index >= 15 is 0 Å². The SMILES string of the molecule is CC(=O)Nc1ccc(S(=O)(=O)N(CC(=O)Nc2ccon2)CC(C)C)cc1. The van der Waals surface area contributed by atoms with Gasteiger partial charge >= 0.3 is 0 Å². The van der Waals surface area contributed by atoms with Crippen LogP contribution in [0, 0.1) is 5.92 Å². The van der Waals surface area contributed by atoms with E-state index in [4.69, 9.17) is 0 Å². The van der Waals surface area contributed by atoms with Crippen LogP contribution in [0.15, 0.2) is 46.0 Å². The second kappa shape index (κ2) is 8.78. The topological polar surface area (TPSA) is 122 Å². The number of benzene rings is 1. The van der Waals surface area contributed by atoms with Gasteiger partial charge in [0.1, 0.15) is 6.26 Å². The third-order valence-electron chi connectivity index (χ3n) is 3.41. The highest BCUT2D eigenvalue weighted by Crippen LogP contribution is 2.20. The molecule has 0 radical (unpaired) electrons. The van der Waals surface area contributed by atoms with Crippen molar-refractivity contribution in [2.75, 3.05) is 23.7 Å². The van der Waals surface area contributed by atoms with Gasteiger partial charge in [-0.15, -0.1) is 0 Å². The first kappa shape index (κ1) is 20.6. The van der Waals surface area contributed by atoms with Crippen LogP contribution in [0.5, 0.6) is 0 Å². The molecule has 1 aromatic heterocycles. The molecule has 2 amide bonds. The predicted molar refractivity (Wildman–Crippen MR) is 99.5 cm³/mol. The van der Waals surface area contributed by atoms with Crippen molar-refractivity contribution in [3.63, 3.8) is 0 Å². The molecule has 0 bridgehead atoms. The number of anilines is 2. The van der Waals surface area contributed by atoms with Crippen molar-refractivity contribution in [3.05, 3.63) is 36.6 Å². The Bertz CT molecular complexity index is 877. The summed E-state index contributed by atoms with van der Waals surface area (Å²) in [4.78, 5) is 23.3. The van der Waals surface area contributed by atoms with Crippen LogP contribution in [0.3, 0.4) is 0 Å². The summed E-state index contributed by atoms with van der Waals surface area (Å²) in [5, 5.41) is 8.63. The molecule has 0 aliphatic heterocycles. The number of hydrogen-bond acceptors (Lipinski definition) is 6. The van der Waals surface area contributed by atoms with Gasteiger partial charge in [-0.25, -0.2) is 8.42 Å². The number of hydrogen-bond donors (Lipinski definition) is 2. The highest BCUT2D eigenvalue weighted by molar-refractivity contribution is 7.89. The average Bonchev–Trinajstić information content (AvgIpc) is 3.06. The number of nitrogens with zero attached hydrogens (tertiary/aromatic N) is 2. The van der Waals surface area contributed by atoms with Gasteiger partial charge in [0, 0.05) is 25.2 Å². The summed E-state index contributed by atoms with van der Waals surface area (Å²) in [5.41, 5.74) is 0.487. The van der Waals surface area contributed by atoms with E-state index in [9.17, 15) is 18.0 Å². The number of amides is 2. The van der Waals surface area contributed by atoms with Crippen LogP contribution in [0.2, 0.25) is 0 Å². The number of aromatic nitrogens is 1. The van der Waals surface area contributed by atoms with Gasteiger partial charge in [0.2, 0.25) is 21.8 Å². The predicted octanol–water partition coefficient (Wildman–Crippen LogP) is 1.92. The van der Waals surface area contributed by atoms with Gasteiger partial charge < -0.3 is 15.2 Å². The summed E-state index contributed by atoms with van der Waals surface area (Å²) >= 11 is 0. The molecule has 9 nitrogen and oxygen atoms in total. The second-order valence-corrected chi connectivity index (χ2v) is 8.27. The van der Waals surface area contributed by atoms with Crippen LogP contribution < -0.4 is 10.6 Å². The van der Waals surface area contributed by atoms with Crippen molar-refractivity contribution in [1.82, 2.24) is 9.46 Å². The van der Waals surface area contributed by atoms with Gasteiger partial charge in [-0.05, 0) is 30.2 Å². The lowest BCUT2D eigenvalue weighted by Gasteiger charge is -2.23.